The van der Waals surface area contributed by atoms with Crippen molar-refractivity contribution in [2.45, 2.75) is 26.8 Å². The van der Waals surface area contributed by atoms with E-state index in [0.717, 1.165) is 61.8 Å². The second-order valence-electron chi connectivity index (χ2n) is 6.85. The van der Waals surface area contributed by atoms with Gasteiger partial charge in [-0.1, -0.05) is 13.0 Å². The Labute approximate surface area is 153 Å². The van der Waals surface area contributed by atoms with Crippen LogP contribution in [0.3, 0.4) is 0 Å². The van der Waals surface area contributed by atoms with Gasteiger partial charge in [-0.05, 0) is 18.6 Å². The van der Waals surface area contributed by atoms with Gasteiger partial charge in [0.15, 0.2) is 5.65 Å². The van der Waals surface area contributed by atoms with Crippen LogP contribution < -0.4 is 4.90 Å². The van der Waals surface area contributed by atoms with Crippen molar-refractivity contribution in [1.29, 1.82) is 0 Å². The van der Waals surface area contributed by atoms with Gasteiger partial charge in [-0.15, -0.1) is 0 Å². The Bertz CT molecular complexity index is 909. The van der Waals surface area contributed by atoms with E-state index in [2.05, 4.69) is 44.8 Å². The van der Waals surface area contributed by atoms with E-state index >= 15 is 0 Å². The summed E-state index contributed by atoms with van der Waals surface area (Å²) in [6, 6.07) is 4.13. The van der Waals surface area contributed by atoms with Gasteiger partial charge < -0.3 is 4.90 Å². The van der Waals surface area contributed by atoms with Crippen LogP contribution in [-0.4, -0.2) is 55.8 Å². The minimum atomic E-state index is 0.826. The number of pyridine rings is 1. The van der Waals surface area contributed by atoms with Crippen molar-refractivity contribution in [3.63, 3.8) is 0 Å². The summed E-state index contributed by atoms with van der Waals surface area (Å²) in [4.78, 5) is 18.8. The summed E-state index contributed by atoms with van der Waals surface area (Å²) in [6.45, 7) is 9.05. The second-order valence-corrected chi connectivity index (χ2v) is 6.85. The largest absolute Gasteiger partial charge is 0.353 e. The fraction of sp³-hybridized carbons (Fsp3) is 0.474. The molecule has 3 aromatic rings. The highest BCUT2D eigenvalue weighted by Crippen LogP contribution is 2.25. The van der Waals surface area contributed by atoms with Crippen LogP contribution >= 0.6 is 0 Å². The molecule has 0 aliphatic carbocycles. The fourth-order valence-electron chi connectivity index (χ4n) is 3.46. The quantitative estimate of drug-likeness (QED) is 0.716. The standard InChI is InChI=1S/C19H25N7/c1-4-17-22-18-15(12-21-24(18)3)19(23-17)26-10-8-25(9-11-26)13-16-14(2)6-5-7-20-16/h5-7,12H,4,8-11,13H2,1-3H3. The smallest absolute Gasteiger partial charge is 0.163 e. The number of nitrogens with zero attached hydrogens (tertiary/aromatic N) is 7. The number of fused-ring (bicyclic) bond motifs is 1. The second kappa shape index (κ2) is 6.99. The summed E-state index contributed by atoms with van der Waals surface area (Å²) >= 11 is 0. The zero-order chi connectivity index (χ0) is 18.1. The average Bonchev–Trinajstić information content (AvgIpc) is 3.04. The predicted octanol–water partition coefficient (Wildman–Crippen LogP) is 1.95. The molecule has 0 atom stereocenters. The van der Waals surface area contributed by atoms with Gasteiger partial charge in [-0.3, -0.25) is 14.6 Å². The molecule has 0 spiro atoms. The Morgan fingerprint density at radius 1 is 1.12 bits per heavy atom. The third-order valence-electron chi connectivity index (χ3n) is 5.10. The van der Waals surface area contributed by atoms with Gasteiger partial charge in [-0.2, -0.15) is 5.10 Å². The maximum Gasteiger partial charge on any atom is 0.163 e. The van der Waals surface area contributed by atoms with Crippen LogP contribution in [0.15, 0.2) is 24.5 Å². The van der Waals surface area contributed by atoms with Crippen molar-refractivity contribution in [2.75, 3.05) is 31.1 Å². The molecule has 3 aromatic heterocycles. The molecular weight excluding hydrogens is 326 g/mol. The molecule has 4 rings (SSSR count). The van der Waals surface area contributed by atoms with E-state index in [-0.39, 0.29) is 0 Å². The third kappa shape index (κ3) is 3.14. The van der Waals surface area contributed by atoms with Gasteiger partial charge >= 0.3 is 0 Å². The highest BCUT2D eigenvalue weighted by Gasteiger charge is 2.22. The van der Waals surface area contributed by atoms with E-state index in [9.17, 15) is 0 Å². The molecule has 0 N–H and O–H groups in total. The number of hydrogen-bond donors (Lipinski definition) is 0. The van der Waals surface area contributed by atoms with E-state index in [1.165, 1.54) is 11.3 Å². The molecule has 0 radical (unpaired) electrons. The zero-order valence-corrected chi connectivity index (χ0v) is 15.7. The Hall–Kier alpha value is -2.54. The number of rotatable bonds is 4. The van der Waals surface area contributed by atoms with E-state index < -0.39 is 0 Å². The van der Waals surface area contributed by atoms with Crippen LogP contribution in [0, 0.1) is 6.92 Å². The van der Waals surface area contributed by atoms with Crippen LogP contribution in [-0.2, 0) is 20.0 Å². The van der Waals surface area contributed by atoms with Gasteiger partial charge in [0, 0.05) is 52.4 Å². The lowest BCUT2D eigenvalue weighted by molar-refractivity contribution is 0.246. The first-order valence-electron chi connectivity index (χ1n) is 9.22. The molecule has 7 nitrogen and oxygen atoms in total. The topological polar surface area (TPSA) is 63.0 Å². The van der Waals surface area contributed by atoms with E-state index in [4.69, 9.17) is 4.98 Å². The molecule has 1 aliphatic heterocycles. The van der Waals surface area contributed by atoms with Gasteiger partial charge in [-0.25, -0.2) is 9.97 Å². The van der Waals surface area contributed by atoms with Crippen LogP contribution in [0.5, 0.6) is 0 Å². The molecule has 0 amide bonds. The number of aromatic nitrogens is 5. The molecule has 26 heavy (non-hydrogen) atoms. The summed E-state index contributed by atoms with van der Waals surface area (Å²) in [5.41, 5.74) is 3.35. The van der Waals surface area contributed by atoms with Crippen molar-refractivity contribution in [1.82, 2.24) is 29.6 Å². The van der Waals surface area contributed by atoms with Gasteiger partial charge in [0.2, 0.25) is 0 Å². The molecule has 0 bridgehead atoms. The number of hydrogen-bond acceptors (Lipinski definition) is 6. The van der Waals surface area contributed by atoms with Crippen LogP contribution in [0.2, 0.25) is 0 Å². The molecule has 0 saturated carbocycles. The monoisotopic (exact) mass is 351 g/mol. The number of piperazine rings is 1. The normalized spacial score (nSPS) is 15.7. The summed E-state index contributed by atoms with van der Waals surface area (Å²) in [5, 5.41) is 5.42. The molecule has 1 saturated heterocycles. The molecular formula is C19H25N7. The Morgan fingerprint density at radius 3 is 2.65 bits per heavy atom. The van der Waals surface area contributed by atoms with Crippen molar-refractivity contribution in [3.05, 3.63) is 41.6 Å². The minimum absolute atomic E-state index is 0.826. The number of anilines is 1. The molecule has 1 aliphatic rings. The predicted molar refractivity (Wildman–Crippen MR) is 102 cm³/mol. The van der Waals surface area contributed by atoms with E-state index in [1.807, 2.05) is 30.2 Å². The molecule has 4 heterocycles. The molecule has 1 fully saturated rings. The van der Waals surface area contributed by atoms with E-state index in [0.29, 0.717) is 0 Å². The highest BCUT2D eigenvalue weighted by molar-refractivity contribution is 5.87. The summed E-state index contributed by atoms with van der Waals surface area (Å²) < 4.78 is 1.83. The maximum atomic E-state index is 4.81. The SMILES string of the molecule is CCc1nc(N2CCN(Cc3ncccc3C)CC2)c2cnn(C)c2n1. The summed E-state index contributed by atoms with van der Waals surface area (Å²) in [5.74, 6) is 1.90. The minimum Gasteiger partial charge on any atom is -0.353 e. The van der Waals surface area contributed by atoms with Crippen molar-refractivity contribution in [3.8, 4) is 0 Å². The highest BCUT2D eigenvalue weighted by atomic mass is 15.3. The lowest BCUT2D eigenvalue weighted by atomic mass is 10.2. The van der Waals surface area contributed by atoms with E-state index in [1.54, 1.807) is 0 Å². The molecule has 7 heteroatoms. The first-order chi connectivity index (χ1) is 12.7. The summed E-state index contributed by atoms with van der Waals surface area (Å²) in [6.07, 6.45) is 4.59. The van der Waals surface area contributed by atoms with Crippen LogP contribution in [0.4, 0.5) is 5.82 Å². The first kappa shape index (κ1) is 16.9. The van der Waals surface area contributed by atoms with Crippen LogP contribution in [0.1, 0.15) is 24.0 Å². The Balaban J connectivity index is 1.51. The van der Waals surface area contributed by atoms with Gasteiger partial charge in [0.05, 0.1) is 17.3 Å². The van der Waals surface area contributed by atoms with Gasteiger partial charge in [0.25, 0.3) is 0 Å². The Kier molecular flexibility index (Phi) is 4.55. The van der Waals surface area contributed by atoms with Crippen molar-refractivity contribution < 1.29 is 0 Å². The van der Waals surface area contributed by atoms with Crippen molar-refractivity contribution in [2.24, 2.45) is 7.05 Å². The summed E-state index contributed by atoms with van der Waals surface area (Å²) in [7, 11) is 1.94. The lowest BCUT2D eigenvalue weighted by Gasteiger charge is -2.35. The molecule has 0 unspecified atom stereocenters. The fourth-order valence-corrected chi connectivity index (χ4v) is 3.46. The average molecular weight is 351 g/mol. The third-order valence-corrected chi connectivity index (χ3v) is 5.10. The van der Waals surface area contributed by atoms with Crippen LogP contribution in [0.25, 0.3) is 11.0 Å². The van der Waals surface area contributed by atoms with Gasteiger partial charge in [0.1, 0.15) is 11.6 Å². The molecule has 0 aromatic carbocycles. The first-order valence-corrected chi connectivity index (χ1v) is 9.22. The Morgan fingerprint density at radius 2 is 1.92 bits per heavy atom. The number of aryl methyl sites for hydroxylation is 3. The van der Waals surface area contributed by atoms with Crippen molar-refractivity contribution >= 4 is 16.9 Å². The zero-order valence-electron chi connectivity index (χ0n) is 15.7. The maximum absolute atomic E-state index is 4.81. The lowest BCUT2D eigenvalue weighted by Crippen LogP contribution is -2.46. The molecule has 136 valence electrons.